The van der Waals surface area contributed by atoms with E-state index in [-0.39, 0.29) is 6.61 Å². The number of phenolic OH excluding ortho intramolecular Hbond substituents is 1. The van der Waals surface area contributed by atoms with Crippen molar-refractivity contribution < 1.29 is 14.6 Å². The average molecular weight is 199 g/mol. The van der Waals surface area contributed by atoms with Gasteiger partial charge in [0.15, 0.2) is 11.6 Å². The Hall–Kier alpha value is -1.13. The van der Waals surface area contributed by atoms with Crippen LogP contribution in [0.2, 0.25) is 0 Å². The molecule has 14 heavy (non-hydrogen) atoms. The molecule has 0 fully saturated rings. The number of benzene rings is 1. The number of rotatable bonds is 4. The van der Waals surface area contributed by atoms with Crippen LogP contribution >= 0.6 is 0 Å². The van der Waals surface area contributed by atoms with Crippen molar-refractivity contribution in [1.82, 2.24) is 0 Å². The number of aromatic hydroxyl groups is 1. The minimum absolute atomic E-state index is 0.0454. The minimum atomic E-state index is -0.665. The van der Waals surface area contributed by atoms with Crippen LogP contribution in [-0.4, -0.2) is 16.8 Å². The molecule has 4 N–H and O–H groups in total. The fraction of sp³-hybridized carbons (Fsp3) is 0.400. The Morgan fingerprint density at radius 2 is 2.14 bits per heavy atom. The predicted molar refractivity (Wildman–Crippen MR) is 51.3 cm³/mol. The highest BCUT2D eigenvalue weighted by molar-refractivity contribution is 5.35. The smallest absolute Gasteiger partial charge is 0.165 e. The summed E-state index contributed by atoms with van der Waals surface area (Å²) in [7, 11) is 0. The molecule has 0 saturated heterocycles. The van der Waals surface area contributed by atoms with Crippen LogP contribution < -0.4 is 5.73 Å². The maximum absolute atomic E-state index is 12.9. The van der Waals surface area contributed by atoms with E-state index < -0.39 is 17.6 Å². The molecule has 4 heteroatoms. The van der Waals surface area contributed by atoms with Gasteiger partial charge in [-0.05, 0) is 18.9 Å². The van der Waals surface area contributed by atoms with E-state index in [0.717, 1.165) is 0 Å². The molecular weight excluding hydrogens is 185 g/mol. The van der Waals surface area contributed by atoms with Gasteiger partial charge in [-0.3, -0.25) is 0 Å². The van der Waals surface area contributed by atoms with Gasteiger partial charge in [0.1, 0.15) is 0 Å². The minimum Gasteiger partial charge on any atom is -0.505 e. The van der Waals surface area contributed by atoms with Crippen LogP contribution in [0.4, 0.5) is 4.39 Å². The second-order valence-corrected chi connectivity index (χ2v) is 3.15. The summed E-state index contributed by atoms with van der Waals surface area (Å²) in [6, 6.07) is 3.83. The third-order valence-electron chi connectivity index (χ3n) is 2.09. The van der Waals surface area contributed by atoms with Gasteiger partial charge in [-0.25, -0.2) is 4.39 Å². The van der Waals surface area contributed by atoms with Crippen molar-refractivity contribution in [3.8, 4) is 5.75 Å². The van der Waals surface area contributed by atoms with Crippen molar-refractivity contribution in [3.63, 3.8) is 0 Å². The van der Waals surface area contributed by atoms with E-state index >= 15 is 0 Å². The van der Waals surface area contributed by atoms with E-state index in [9.17, 15) is 9.50 Å². The maximum Gasteiger partial charge on any atom is 0.165 e. The lowest BCUT2D eigenvalue weighted by molar-refractivity contribution is 0.279. The van der Waals surface area contributed by atoms with Gasteiger partial charge in [0.2, 0.25) is 0 Å². The highest BCUT2D eigenvalue weighted by Crippen LogP contribution is 2.27. The largest absolute Gasteiger partial charge is 0.505 e. The molecule has 1 atom stereocenters. The maximum atomic E-state index is 12.9. The molecule has 1 rings (SSSR count). The number of hydrogen-bond donors (Lipinski definition) is 3. The van der Waals surface area contributed by atoms with Gasteiger partial charge in [0.25, 0.3) is 0 Å². The molecule has 0 radical (unpaired) electrons. The Morgan fingerprint density at radius 3 is 2.79 bits per heavy atom. The number of phenols is 1. The number of aliphatic hydroxyl groups excluding tert-OH is 1. The van der Waals surface area contributed by atoms with Gasteiger partial charge >= 0.3 is 0 Å². The van der Waals surface area contributed by atoms with E-state index in [1.807, 2.05) is 0 Å². The first-order chi connectivity index (χ1) is 6.66. The quantitative estimate of drug-likeness (QED) is 0.684. The van der Waals surface area contributed by atoms with E-state index in [2.05, 4.69) is 0 Å². The molecule has 0 spiro atoms. The van der Waals surface area contributed by atoms with Crippen LogP contribution in [0.5, 0.6) is 5.75 Å². The first-order valence-electron chi connectivity index (χ1n) is 4.50. The van der Waals surface area contributed by atoms with E-state index in [4.69, 9.17) is 10.8 Å². The highest BCUT2D eigenvalue weighted by Gasteiger charge is 2.12. The number of halogens is 1. The summed E-state index contributed by atoms with van der Waals surface area (Å²) in [4.78, 5) is 0. The Labute approximate surface area is 82.0 Å². The zero-order valence-corrected chi connectivity index (χ0v) is 7.78. The average Bonchev–Trinajstić information content (AvgIpc) is 2.18. The lowest BCUT2D eigenvalue weighted by Crippen LogP contribution is -2.11. The van der Waals surface area contributed by atoms with Gasteiger partial charge in [-0.2, -0.15) is 0 Å². The van der Waals surface area contributed by atoms with Gasteiger partial charge in [0.05, 0.1) is 0 Å². The van der Waals surface area contributed by atoms with Crippen molar-refractivity contribution >= 4 is 0 Å². The number of nitrogens with two attached hydrogens (primary N) is 1. The zero-order valence-electron chi connectivity index (χ0n) is 7.78. The molecule has 0 aliphatic heterocycles. The van der Waals surface area contributed by atoms with Crippen LogP contribution in [0.25, 0.3) is 0 Å². The van der Waals surface area contributed by atoms with Crippen molar-refractivity contribution in [2.45, 2.75) is 18.9 Å². The van der Waals surface area contributed by atoms with E-state index in [0.29, 0.717) is 18.4 Å². The number of aliphatic hydroxyl groups is 1. The first-order valence-corrected chi connectivity index (χ1v) is 4.50. The van der Waals surface area contributed by atoms with Crippen LogP contribution in [0.15, 0.2) is 18.2 Å². The van der Waals surface area contributed by atoms with Crippen LogP contribution in [0, 0.1) is 5.82 Å². The van der Waals surface area contributed by atoms with Crippen LogP contribution in [0.3, 0.4) is 0 Å². The fourth-order valence-electron chi connectivity index (χ4n) is 1.30. The Bertz CT molecular complexity index is 304. The third kappa shape index (κ3) is 2.43. The zero-order chi connectivity index (χ0) is 10.6. The molecule has 1 aromatic rings. The topological polar surface area (TPSA) is 66.5 Å². The van der Waals surface area contributed by atoms with Gasteiger partial charge in [-0.1, -0.05) is 12.1 Å². The summed E-state index contributed by atoms with van der Waals surface area (Å²) in [5.41, 5.74) is 6.10. The molecule has 0 heterocycles. The molecule has 0 saturated carbocycles. The predicted octanol–water partition coefficient (Wildman–Crippen LogP) is 1.30. The first kappa shape index (κ1) is 10.9. The molecule has 0 unspecified atom stereocenters. The van der Waals surface area contributed by atoms with Gasteiger partial charge in [-0.15, -0.1) is 0 Å². The Morgan fingerprint density at radius 1 is 1.43 bits per heavy atom. The molecule has 0 aliphatic carbocycles. The van der Waals surface area contributed by atoms with Crippen molar-refractivity contribution in [2.75, 3.05) is 6.61 Å². The lowest BCUT2D eigenvalue weighted by atomic mass is 10.0. The molecule has 0 aliphatic rings. The summed E-state index contributed by atoms with van der Waals surface area (Å²) in [6.45, 7) is 0.0454. The van der Waals surface area contributed by atoms with Gasteiger partial charge in [0, 0.05) is 18.2 Å². The Kier molecular flexibility index (Phi) is 3.85. The van der Waals surface area contributed by atoms with E-state index in [1.54, 1.807) is 6.07 Å². The van der Waals surface area contributed by atoms with Crippen LogP contribution in [0.1, 0.15) is 24.4 Å². The van der Waals surface area contributed by atoms with Crippen molar-refractivity contribution in [1.29, 1.82) is 0 Å². The monoisotopic (exact) mass is 199 g/mol. The highest BCUT2D eigenvalue weighted by atomic mass is 19.1. The molecule has 1 aromatic carbocycles. The SMILES string of the molecule is N[C@H](CCCO)c1cccc(F)c1O. The summed E-state index contributed by atoms with van der Waals surface area (Å²) < 4.78 is 12.9. The molecule has 0 aromatic heterocycles. The summed E-state index contributed by atoms with van der Waals surface area (Å²) in [6.07, 6.45) is 1.06. The van der Waals surface area contributed by atoms with E-state index in [1.165, 1.54) is 12.1 Å². The molecule has 78 valence electrons. The fourth-order valence-corrected chi connectivity index (χ4v) is 1.30. The molecule has 0 amide bonds. The Balaban J connectivity index is 2.79. The summed E-state index contributed by atoms with van der Waals surface area (Å²) in [5.74, 6) is -1.06. The third-order valence-corrected chi connectivity index (χ3v) is 2.09. The van der Waals surface area contributed by atoms with Crippen LogP contribution in [-0.2, 0) is 0 Å². The second-order valence-electron chi connectivity index (χ2n) is 3.15. The molecule has 0 bridgehead atoms. The summed E-state index contributed by atoms with van der Waals surface area (Å²) >= 11 is 0. The summed E-state index contributed by atoms with van der Waals surface area (Å²) in [5, 5.41) is 17.9. The van der Waals surface area contributed by atoms with Gasteiger partial charge < -0.3 is 15.9 Å². The normalized spacial score (nSPS) is 12.8. The molecule has 3 nitrogen and oxygen atoms in total. The number of para-hydroxylation sites is 1. The standard InChI is InChI=1S/C10H14FNO2/c11-8-4-1-3-7(10(8)14)9(12)5-2-6-13/h1,3-4,9,13-14H,2,5-6,12H2/t9-/m1/s1. The van der Waals surface area contributed by atoms with Crippen molar-refractivity contribution in [3.05, 3.63) is 29.6 Å². The van der Waals surface area contributed by atoms with Crippen molar-refractivity contribution in [2.24, 2.45) is 5.73 Å². The molecular formula is C10H14FNO2. The number of hydrogen-bond acceptors (Lipinski definition) is 3. The second kappa shape index (κ2) is 4.93. The lowest BCUT2D eigenvalue weighted by Gasteiger charge is -2.12.